The zero-order chi connectivity index (χ0) is 27.2. The van der Waals surface area contributed by atoms with Crippen molar-refractivity contribution in [2.24, 2.45) is 5.16 Å². The number of amides is 2. The summed E-state index contributed by atoms with van der Waals surface area (Å²) < 4.78 is 1.88. The minimum absolute atomic E-state index is 0.134. The first kappa shape index (κ1) is 27.7. The molecule has 1 saturated heterocycles. The SMILES string of the molecule is CCCCN[n+]1ccc(SCC2=C(C(=O)[O-])N3C(=O)[C@@H](NC(=O)/C(=N\OC)c4csc(N)n4)[C@H]3SC2)cc1. The highest BCUT2D eigenvalue weighted by Crippen LogP contribution is 2.41. The number of nitrogens with one attached hydrogen (secondary N) is 2. The number of nitrogen functional groups attached to an aromatic ring is 1. The number of aromatic nitrogens is 2. The first-order valence-corrected chi connectivity index (χ1v) is 14.6. The number of carboxylic acid groups (broad SMARTS) is 1. The molecule has 2 aliphatic rings. The zero-order valence-electron chi connectivity index (χ0n) is 20.7. The molecule has 38 heavy (non-hydrogen) atoms. The molecule has 202 valence electrons. The van der Waals surface area contributed by atoms with Crippen LogP contribution in [0.4, 0.5) is 5.13 Å². The largest absolute Gasteiger partial charge is 0.543 e. The predicted octanol–water partition coefficient (Wildman–Crippen LogP) is -0.0969. The van der Waals surface area contributed by atoms with Gasteiger partial charge in [0.1, 0.15) is 24.2 Å². The number of nitrogens with zero attached hydrogens (tertiary/aromatic N) is 4. The lowest BCUT2D eigenvalue weighted by atomic mass is 10.0. The summed E-state index contributed by atoms with van der Waals surface area (Å²) >= 11 is 3.99. The second-order valence-corrected chi connectivity index (χ2v) is 11.3. The summed E-state index contributed by atoms with van der Waals surface area (Å²) in [6.07, 6.45) is 6.00. The van der Waals surface area contributed by atoms with E-state index < -0.39 is 29.2 Å². The molecule has 0 spiro atoms. The lowest BCUT2D eigenvalue weighted by molar-refractivity contribution is -0.650. The number of unbranched alkanes of at least 4 members (excludes halogenated alkanes) is 1. The summed E-state index contributed by atoms with van der Waals surface area (Å²) in [5.74, 6) is -1.88. The summed E-state index contributed by atoms with van der Waals surface area (Å²) in [5, 5.41) is 19.6. The van der Waals surface area contributed by atoms with E-state index in [2.05, 4.69) is 27.8 Å². The molecule has 0 aromatic carbocycles. The Kier molecular flexibility index (Phi) is 9.12. The van der Waals surface area contributed by atoms with E-state index in [-0.39, 0.29) is 22.2 Å². The lowest BCUT2D eigenvalue weighted by Crippen LogP contribution is -2.71. The van der Waals surface area contributed by atoms with E-state index >= 15 is 0 Å². The fourth-order valence-corrected chi connectivity index (χ4v) is 6.77. The third kappa shape index (κ3) is 6.05. The number of rotatable bonds is 12. The van der Waals surface area contributed by atoms with Crippen molar-refractivity contribution in [2.45, 2.75) is 36.1 Å². The molecule has 4 heterocycles. The Labute approximate surface area is 231 Å². The van der Waals surface area contributed by atoms with E-state index in [0.717, 1.165) is 35.6 Å². The Morgan fingerprint density at radius 2 is 2.16 bits per heavy atom. The van der Waals surface area contributed by atoms with Crippen LogP contribution in [0.15, 0.2) is 51.2 Å². The average molecular weight is 578 g/mol. The van der Waals surface area contributed by atoms with E-state index in [1.165, 1.54) is 35.5 Å². The van der Waals surface area contributed by atoms with Crippen molar-refractivity contribution < 1.29 is 29.0 Å². The van der Waals surface area contributed by atoms with Crippen LogP contribution in [-0.4, -0.2) is 70.0 Å². The van der Waals surface area contributed by atoms with Gasteiger partial charge in [-0.05, 0) is 12.0 Å². The summed E-state index contributed by atoms with van der Waals surface area (Å²) in [7, 11) is 1.28. The van der Waals surface area contributed by atoms with Crippen molar-refractivity contribution in [1.82, 2.24) is 15.2 Å². The smallest absolute Gasteiger partial charge is 0.276 e. The normalized spacial score (nSPS) is 19.1. The Bertz CT molecular complexity index is 1260. The summed E-state index contributed by atoms with van der Waals surface area (Å²) in [6, 6.07) is 2.95. The van der Waals surface area contributed by atoms with Crippen molar-refractivity contribution in [2.75, 3.05) is 36.3 Å². The number of pyridine rings is 1. The quantitative estimate of drug-likeness (QED) is 0.0775. The second-order valence-electron chi connectivity index (χ2n) is 8.29. The molecule has 2 aliphatic heterocycles. The molecule has 2 amide bonds. The summed E-state index contributed by atoms with van der Waals surface area (Å²) in [5.41, 5.74) is 9.46. The first-order chi connectivity index (χ1) is 18.3. The van der Waals surface area contributed by atoms with Gasteiger partial charge in [-0.2, -0.15) is 5.43 Å². The number of β-lactam (4-membered cyclic amide) rings is 1. The molecular weight excluding hydrogens is 550 g/mol. The molecule has 4 N–H and O–H groups in total. The standard InChI is InChI=1S/C23H27N7O5S3/c1-3-4-7-25-29-8-5-14(6-9-29)36-10-13-11-37-21-17(20(32)30(21)18(13)22(33)34)27-19(31)16(28-35-2)15-12-38-23(24)26-15/h5-6,8-9,12,17,21,25H,3-4,7,10-11H2,1-2H3,(H3-,24,26,27,31,33,34)/b28-16-/t17-,21-/m1/s1. The van der Waals surface area contributed by atoms with Gasteiger partial charge in [-0.3, -0.25) is 14.5 Å². The van der Waals surface area contributed by atoms with Crippen LogP contribution in [0.2, 0.25) is 0 Å². The number of carbonyl (C=O) groups is 3. The number of fused-ring (bicyclic) bond motifs is 1. The maximum absolute atomic E-state index is 13.0. The minimum atomic E-state index is -1.42. The first-order valence-electron chi connectivity index (χ1n) is 11.7. The number of oxime groups is 1. The number of hydrogen-bond donors (Lipinski definition) is 3. The molecule has 12 nitrogen and oxygen atoms in total. The van der Waals surface area contributed by atoms with E-state index in [1.54, 1.807) is 5.38 Å². The third-order valence-electron chi connectivity index (χ3n) is 5.73. The number of thiazole rings is 1. The van der Waals surface area contributed by atoms with Gasteiger partial charge < -0.3 is 25.8 Å². The fourth-order valence-electron chi connectivity index (χ4n) is 3.85. The van der Waals surface area contributed by atoms with Gasteiger partial charge >= 0.3 is 0 Å². The Morgan fingerprint density at radius 3 is 2.79 bits per heavy atom. The highest BCUT2D eigenvalue weighted by Gasteiger charge is 2.53. The number of carbonyl (C=O) groups excluding carboxylic acids is 3. The van der Waals surface area contributed by atoms with Crippen LogP contribution >= 0.6 is 34.9 Å². The number of nitrogens with two attached hydrogens (primary N) is 1. The van der Waals surface area contributed by atoms with Crippen molar-refractivity contribution in [1.29, 1.82) is 0 Å². The van der Waals surface area contributed by atoms with Gasteiger partial charge in [-0.25, -0.2) is 4.98 Å². The van der Waals surface area contributed by atoms with Crippen LogP contribution in [-0.2, 0) is 19.2 Å². The van der Waals surface area contributed by atoms with Gasteiger partial charge in [-0.1, -0.05) is 23.2 Å². The van der Waals surface area contributed by atoms with E-state index in [1.807, 2.05) is 29.2 Å². The van der Waals surface area contributed by atoms with Crippen molar-refractivity contribution in [3.05, 3.63) is 46.9 Å². The maximum atomic E-state index is 13.0. The average Bonchev–Trinajstić information content (AvgIpc) is 3.34. The van der Waals surface area contributed by atoms with Crippen molar-refractivity contribution >= 4 is 63.5 Å². The van der Waals surface area contributed by atoms with Crippen LogP contribution in [0.3, 0.4) is 0 Å². The van der Waals surface area contributed by atoms with Gasteiger partial charge in [0.25, 0.3) is 11.8 Å². The van der Waals surface area contributed by atoms with Crippen LogP contribution in [0, 0.1) is 0 Å². The topological polar surface area (TPSA) is 166 Å². The summed E-state index contributed by atoms with van der Waals surface area (Å²) in [4.78, 5) is 48.9. The number of carboxylic acids is 1. The molecule has 0 aliphatic carbocycles. The Hall–Kier alpha value is -3.30. The molecule has 2 aromatic heterocycles. The number of aliphatic carboxylic acids is 1. The van der Waals surface area contributed by atoms with Gasteiger partial charge in [0, 0.05) is 33.9 Å². The van der Waals surface area contributed by atoms with Gasteiger partial charge in [-0.15, -0.1) is 34.9 Å². The molecular formula is C23H27N7O5S3. The van der Waals surface area contributed by atoms with E-state index in [0.29, 0.717) is 17.1 Å². The maximum Gasteiger partial charge on any atom is 0.276 e. The molecule has 2 aromatic rings. The molecule has 2 atom stereocenters. The third-order valence-corrected chi connectivity index (χ3v) is 8.84. The van der Waals surface area contributed by atoms with E-state index in [9.17, 15) is 19.5 Å². The highest BCUT2D eigenvalue weighted by molar-refractivity contribution is 8.01. The van der Waals surface area contributed by atoms with Gasteiger partial charge in [0.05, 0.1) is 18.2 Å². The Morgan fingerprint density at radius 1 is 1.39 bits per heavy atom. The van der Waals surface area contributed by atoms with Gasteiger partial charge in [0.2, 0.25) is 12.4 Å². The van der Waals surface area contributed by atoms with E-state index in [4.69, 9.17) is 10.6 Å². The molecule has 1 fully saturated rings. The molecule has 0 bridgehead atoms. The molecule has 0 unspecified atom stereocenters. The van der Waals surface area contributed by atoms with Crippen LogP contribution in [0.25, 0.3) is 0 Å². The lowest BCUT2D eigenvalue weighted by Gasteiger charge is -2.50. The van der Waals surface area contributed by atoms with Crippen LogP contribution in [0.5, 0.6) is 0 Å². The van der Waals surface area contributed by atoms with Crippen molar-refractivity contribution in [3.8, 4) is 0 Å². The monoisotopic (exact) mass is 577 g/mol. The molecule has 4 rings (SSSR count). The van der Waals surface area contributed by atoms with Crippen LogP contribution in [0.1, 0.15) is 25.5 Å². The molecule has 15 heteroatoms. The predicted molar refractivity (Wildman–Crippen MR) is 144 cm³/mol. The number of anilines is 1. The minimum Gasteiger partial charge on any atom is -0.543 e. The van der Waals surface area contributed by atoms with Crippen molar-refractivity contribution in [3.63, 3.8) is 0 Å². The van der Waals surface area contributed by atoms with Gasteiger partial charge in [0.15, 0.2) is 10.8 Å². The Balaban J connectivity index is 1.42. The molecule has 0 radical (unpaired) electrons. The fraction of sp³-hybridized carbons (Fsp3) is 0.391. The highest BCUT2D eigenvalue weighted by atomic mass is 32.2. The number of thioether (sulfide) groups is 2. The van der Waals surface area contributed by atoms with Crippen LogP contribution < -0.4 is 26.3 Å². The number of hydrogen-bond acceptors (Lipinski definition) is 12. The molecule has 0 saturated carbocycles. The second kappa shape index (κ2) is 12.5. The summed E-state index contributed by atoms with van der Waals surface area (Å²) in [6.45, 7) is 3.01. The zero-order valence-corrected chi connectivity index (χ0v) is 23.2.